The van der Waals surface area contributed by atoms with Gasteiger partial charge in [-0.05, 0) is 12.1 Å². The lowest BCUT2D eigenvalue weighted by Crippen LogP contribution is -2.19. The van der Waals surface area contributed by atoms with Gasteiger partial charge in [0.25, 0.3) is 0 Å². The molecule has 0 unspecified atom stereocenters. The molecule has 1 rings (SSSR count). The summed E-state index contributed by atoms with van der Waals surface area (Å²) >= 11 is 0. The predicted molar refractivity (Wildman–Crippen MR) is 46.9 cm³/mol. The van der Waals surface area contributed by atoms with E-state index in [4.69, 9.17) is 0 Å². The van der Waals surface area contributed by atoms with Crippen LogP contribution in [0.3, 0.4) is 0 Å². The number of rotatable bonds is 4. The number of anilines is 1. The normalized spacial score (nSPS) is 11.6. The molecule has 0 saturated carbocycles. The van der Waals surface area contributed by atoms with Crippen molar-refractivity contribution in [3.05, 3.63) is 29.8 Å². The lowest BCUT2D eigenvalue weighted by atomic mass is 10.3. The molecule has 0 saturated heterocycles. The van der Waals surface area contributed by atoms with Gasteiger partial charge in [-0.3, -0.25) is 4.74 Å². The van der Waals surface area contributed by atoms with Gasteiger partial charge in [0.15, 0.2) is 11.6 Å². The van der Waals surface area contributed by atoms with Crippen LogP contribution in [-0.2, 0) is 4.74 Å². The van der Waals surface area contributed by atoms with Crippen LogP contribution in [0.1, 0.15) is 0 Å². The summed E-state index contributed by atoms with van der Waals surface area (Å²) in [4.78, 5) is 0. The molecule has 1 N–H and O–H groups in total. The first kappa shape index (κ1) is 12.7. The maximum atomic E-state index is 13.0. The molecular weight excluding hydrogens is 233 g/mol. The fourth-order valence-electron chi connectivity index (χ4n) is 0.993. The van der Waals surface area contributed by atoms with Crippen LogP contribution in [0.4, 0.5) is 27.6 Å². The summed E-state index contributed by atoms with van der Waals surface area (Å²) in [5.74, 6) is -2.20. The van der Waals surface area contributed by atoms with E-state index in [-0.39, 0.29) is 12.2 Å². The Morgan fingerprint density at radius 1 is 1.19 bits per heavy atom. The smallest absolute Gasteiger partial charge is 0.380 e. The van der Waals surface area contributed by atoms with Crippen molar-refractivity contribution in [2.45, 2.75) is 6.36 Å². The van der Waals surface area contributed by atoms with E-state index in [0.29, 0.717) is 0 Å². The van der Waals surface area contributed by atoms with Gasteiger partial charge in [-0.25, -0.2) is 8.78 Å². The van der Waals surface area contributed by atoms with Gasteiger partial charge in [-0.2, -0.15) is 0 Å². The van der Waals surface area contributed by atoms with Crippen molar-refractivity contribution >= 4 is 5.69 Å². The third kappa shape index (κ3) is 4.01. The molecule has 1 aromatic rings. The SMILES string of the molecule is Fc1cccc(NCCOC(F)(F)F)c1F. The molecule has 0 aromatic heterocycles. The van der Waals surface area contributed by atoms with Crippen LogP contribution >= 0.6 is 0 Å². The minimum Gasteiger partial charge on any atom is -0.380 e. The highest BCUT2D eigenvalue weighted by atomic mass is 19.4. The largest absolute Gasteiger partial charge is 0.522 e. The van der Waals surface area contributed by atoms with Gasteiger partial charge < -0.3 is 5.32 Å². The maximum absolute atomic E-state index is 13.0. The summed E-state index contributed by atoms with van der Waals surface area (Å²) in [6.07, 6.45) is -4.72. The maximum Gasteiger partial charge on any atom is 0.522 e. The first-order chi connectivity index (χ1) is 7.40. The van der Waals surface area contributed by atoms with Crippen LogP contribution in [0.15, 0.2) is 18.2 Å². The summed E-state index contributed by atoms with van der Waals surface area (Å²) in [7, 11) is 0. The van der Waals surface area contributed by atoms with Gasteiger partial charge in [0.05, 0.1) is 12.3 Å². The molecule has 0 aliphatic heterocycles. The molecule has 2 nitrogen and oxygen atoms in total. The Hall–Kier alpha value is -1.37. The Morgan fingerprint density at radius 2 is 1.88 bits per heavy atom. The topological polar surface area (TPSA) is 21.3 Å². The highest BCUT2D eigenvalue weighted by Gasteiger charge is 2.28. The molecule has 90 valence electrons. The molecule has 0 aliphatic rings. The van der Waals surface area contributed by atoms with Crippen LogP contribution < -0.4 is 5.32 Å². The molecule has 0 fully saturated rings. The van der Waals surface area contributed by atoms with Gasteiger partial charge in [-0.15, -0.1) is 13.2 Å². The number of alkyl halides is 3. The van der Waals surface area contributed by atoms with E-state index in [2.05, 4.69) is 10.1 Å². The number of hydrogen-bond donors (Lipinski definition) is 1. The van der Waals surface area contributed by atoms with Crippen molar-refractivity contribution in [2.75, 3.05) is 18.5 Å². The quantitative estimate of drug-likeness (QED) is 0.646. The van der Waals surface area contributed by atoms with E-state index >= 15 is 0 Å². The standard InChI is InChI=1S/C9H8F5NO/c10-6-2-1-3-7(8(6)11)15-4-5-16-9(12,13)14/h1-3,15H,4-5H2. The Labute approximate surface area is 88.0 Å². The molecule has 7 heteroatoms. The number of benzene rings is 1. The third-order valence-electron chi connectivity index (χ3n) is 1.63. The molecule has 0 amide bonds. The van der Waals surface area contributed by atoms with Gasteiger partial charge in [0, 0.05) is 6.54 Å². The lowest BCUT2D eigenvalue weighted by molar-refractivity contribution is -0.322. The number of nitrogens with one attached hydrogen (secondary N) is 1. The minimum atomic E-state index is -4.72. The van der Waals surface area contributed by atoms with E-state index in [1.165, 1.54) is 12.1 Å². The Kier molecular flexibility index (Phi) is 4.05. The average molecular weight is 241 g/mol. The second kappa shape index (κ2) is 5.11. The van der Waals surface area contributed by atoms with E-state index in [9.17, 15) is 22.0 Å². The van der Waals surface area contributed by atoms with E-state index in [0.717, 1.165) is 6.07 Å². The fourth-order valence-corrected chi connectivity index (χ4v) is 0.993. The van der Waals surface area contributed by atoms with Gasteiger partial charge in [-0.1, -0.05) is 6.07 Å². The van der Waals surface area contributed by atoms with Crippen LogP contribution in [0.25, 0.3) is 0 Å². The van der Waals surface area contributed by atoms with Crippen LogP contribution in [-0.4, -0.2) is 19.5 Å². The van der Waals surface area contributed by atoms with Crippen molar-refractivity contribution in [2.24, 2.45) is 0 Å². The van der Waals surface area contributed by atoms with Gasteiger partial charge in [0.2, 0.25) is 0 Å². The third-order valence-corrected chi connectivity index (χ3v) is 1.63. The van der Waals surface area contributed by atoms with Crippen molar-refractivity contribution in [1.29, 1.82) is 0 Å². The number of halogens is 5. The van der Waals surface area contributed by atoms with E-state index in [1.807, 2.05) is 0 Å². The molecule has 0 spiro atoms. The van der Waals surface area contributed by atoms with Crippen LogP contribution in [0, 0.1) is 11.6 Å². The van der Waals surface area contributed by atoms with E-state index in [1.54, 1.807) is 0 Å². The summed E-state index contributed by atoms with van der Waals surface area (Å²) in [6.45, 7) is -0.959. The Balaban J connectivity index is 2.41. The summed E-state index contributed by atoms with van der Waals surface area (Å²) in [6, 6.07) is 3.37. The lowest BCUT2D eigenvalue weighted by Gasteiger charge is -2.09. The minimum absolute atomic E-state index is 0.203. The van der Waals surface area contributed by atoms with Crippen molar-refractivity contribution < 1.29 is 26.7 Å². The molecule has 0 aliphatic carbocycles. The first-order valence-corrected chi connectivity index (χ1v) is 4.29. The Morgan fingerprint density at radius 3 is 2.50 bits per heavy atom. The second-order valence-electron chi connectivity index (χ2n) is 2.82. The fraction of sp³-hybridized carbons (Fsp3) is 0.333. The predicted octanol–water partition coefficient (Wildman–Crippen LogP) is 2.91. The molecule has 0 bridgehead atoms. The molecule has 16 heavy (non-hydrogen) atoms. The zero-order valence-corrected chi connectivity index (χ0v) is 7.94. The van der Waals surface area contributed by atoms with Gasteiger partial charge in [0.1, 0.15) is 0 Å². The first-order valence-electron chi connectivity index (χ1n) is 4.29. The van der Waals surface area contributed by atoms with E-state index < -0.39 is 24.6 Å². The highest BCUT2D eigenvalue weighted by Crippen LogP contribution is 2.17. The molecule has 0 atom stereocenters. The molecule has 0 heterocycles. The zero-order valence-electron chi connectivity index (χ0n) is 7.94. The average Bonchev–Trinajstić information content (AvgIpc) is 2.17. The summed E-state index contributed by atoms with van der Waals surface area (Å²) in [5.41, 5.74) is -0.203. The Bertz CT molecular complexity index is 352. The summed E-state index contributed by atoms with van der Waals surface area (Å²) < 4.78 is 63.7. The highest BCUT2D eigenvalue weighted by molar-refractivity contribution is 5.44. The number of hydrogen-bond acceptors (Lipinski definition) is 2. The van der Waals surface area contributed by atoms with Crippen LogP contribution in [0.2, 0.25) is 0 Å². The molecule has 0 radical (unpaired) electrons. The zero-order chi connectivity index (χ0) is 12.2. The molecule has 1 aromatic carbocycles. The summed E-state index contributed by atoms with van der Waals surface area (Å²) in [5, 5.41) is 2.29. The monoisotopic (exact) mass is 241 g/mol. The van der Waals surface area contributed by atoms with Crippen molar-refractivity contribution in [3.63, 3.8) is 0 Å². The second-order valence-corrected chi connectivity index (χ2v) is 2.82. The number of ether oxygens (including phenoxy) is 1. The van der Waals surface area contributed by atoms with Crippen molar-refractivity contribution in [1.82, 2.24) is 0 Å². The van der Waals surface area contributed by atoms with Crippen LogP contribution in [0.5, 0.6) is 0 Å². The molecular formula is C9H8F5NO. The van der Waals surface area contributed by atoms with Crippen molar-refractivity contribution in [3.8, 4) is 0 Å². The van der Waals surface area contributed by atoms with Gasteiger partial charge >= 0.3 is 6.36 Å².